The van der Waals surface area contributed by atoms with Crippen molar-refractivity contribution in [2.24, 2.45) is 0 Å². The molecule has 0 bridgehead atoms. The van der Waals surface area contributed by atoms with Gasteiger partial charge < -0.3 is 30.1 Å². The number of aryl methyl sites for hydroxylation is 2. The van der Waals surface area contributed by atoms with Gasteiger partial charge in [0.1, 0.15) is 0 Å². The number of para-hydroxylation sites is 1. The second-order valence-corrected chi connectivity index (χ2v) is 5.52. The van der Waals surface area contributed by atoms with Crippen molar-refractivity contribution in [2.75, 3.05) is 11.9 Å². The molecule has 0 aliphatic heterocycles. The Labute approximate surface area is 153 Å². The SMILES string of the molecule is CCNc1c(CC)cccc1CC.[Cl-].[Cl-].[Ti+2][C]1=CC=CC1. The molecule has 1 aromatic rings. The molecule has 1 N–H and O–H groups in total. The van der Waals surface area contributed by atoms with Crippen LogP contribution in [0.1, 0.15) is 38.3 Å². The standard InChI is InChI=1S/C12H19N.C5H5.2ClH.Ti/c1-4-10-8-7-9-11(5-2)12(10)13-6-3;1-2-4-5-3-1;;;/h7-9,13H,4-6H2,1-3H3;1-3H,4H2;2*1H;/q;;;;+2/p-2. The Kier molecular flexibility index (Phi) is 14.8. The van der Waals surface area contributed by atoms with Gasteiger partial charge in [-0.05, 0) is 30.9 Å². The molecule has 0 heterocycles. The van der Waals surface area contributed by atoms with E-state index in [4.69, 9.17) is 0 Å². The van der Waals surface area contributed by atoms with Crippen LogP contribution in [0, 0.1) is 0 Å². The Morgan fingerprint density at radius 3 is 1.90 bits per heavy atom. The predicted octanol–water partition coefficient (Wildman–Crippen LogP) is -1.37. The molecule has 115 valence electrons. The number of nitrogens with one attached hydrogen (secondary N) is 1. The fourth-order valence-corrected chi connectivity index (χ4v) is 2.43. The molecule has 0 saturated heterocycles. The number of anilines is 1. The molecule has 0 atom stereocenters. The topological polar surface area (TPSA) is 12.0 Å². The van der Waals surface area contributed by atoms with E-state index in [-0.39, 0.29) is 24.8 Å². The number of halogens is 2. The molecular formula is C17H24Cl2NTi. The Morgan fingerprint density at radius 1 is 1.05 bits per heavy atom. The number of benzene rings is 1. The maximum atomic E-state index is 3.45. The van der Waals surface area contributed by atoms with Crippen molar-refractivity contribution in [1.82, 2.24) is 0 Å². The zero-order chi connectivity index (χ0) is 14.1. The summed E-state index contributed by atoms with van der Waals surface area (Å²) >= 11 is 2.14. The first-order valence-corrected chi connectivity index (χ1v) is 7.92. The summed E-state index contributed by atoms with van der Waals surface area (Å²) in [5.41, 5.74) is 4.22. The van der Waals surface area contributed by atoms with Crippen LogP contribution in [0.4, 0.5) is 5.69 Å². The first-order valence-electron chi connectivity index (χ1n) is 7.14. The Balaban J connectivity index is 0. The summed E-state index contributed by atoms with van der Waals surface area (Å²) in [4.78, 5) is 0. The van der Waals surface area contributed by atoms with Gasteiger partial charge in [0, 0.05) is 12.2 Å². The van der Waals surface area contributed by atoms with Gasteiger partial charge >= 0.3 is 49.0 Å². The van der Waals surface area contributed by atoms with Crippen molar-refractivity contribution in [2.45, 2.75) is 40.0 Å². The summed E-state index contributed by atoms with van der Waals surface area (Å²) in [5.74, 6) is 0. The molecule has 1 aromatic carbocycles. The summed E-state index contributed by atoms with van der Waals surface area (Å²) in [6, 6.07) is 6.56. The van der Waals surface area contributed by atoms with Crippen LogP contribution < -0.4 is 30.1 Å². The van der Waals surface area contributed by atoms with Gasteiger partial charge in [-0.3, -0.25) is 0 Å². The van der Waals surface area contributed by atoms with E-state index < -0.39 is 0 Å². The van der Waals surface area contributed by atoms with Crippen LogP contribution >= 0.6 is 0 Å². The van der Waals surface area contributed by atoms with Crippen molar-refractivity contribution >= 4 is 5.69 Å². The average Bonchev–Trinajstić information content (AvgIpc) is 2.91. The van der Waals surface area contributed by atoms with Gasteiger partial charge in [-0.2, -0.15) is 0 Å². The molecule has 21 heavy (non-hydrogen) atoms. The Morgan fingerprint density at radius 2 is 1.62 bits per heavy atom. The van der Waals surface area contributed by atoms with Gasteiger partial charge in [0.2, 0.25) is 0 Å². The Bertz CT molecular complexity index is 434. The summed E-state index contributed by atoms with van der Waals surface area (Å²) in [6.07, 6.45) is 9.77. The number of rotatable bonds is 4. The van der Waals surface area contributed by atoms with Gasteiger partial charge in [-0.1, -0.05) is 32.0 Å². The molecule has 0 unspecified atom stereocenters. The van der Waals surface area contributed by atoms with Crippen molar-refractivity contribution in [3.8, 4) is 0 Å². The van der Waals surface area contributed by atoms with E-state index in [1.807, 2.05) is 0 Å². The van der Waals surface area contributed by atoms with E-state index >= 15 is 0 Å². The maximum absolute atomic E-state index is 3.45. The number of allylic oxidation sites excluding steroid dienone is 4. The van der Waals surface area contributed by atoms with Crippen molar-refractivity contribution in [1.29, 1.82) is 0 Å². The first-order chi connectivity index (χ1) is 9.22. The van der Waals surface area contributed by atoms with Crippen LogP contribution in [-0.2, 0) is 33.3 Å². The zero-order valence-electron chi connectivity index (χ0n) is 13.0. The average molecular weight is 361 g/mol. The van der Waals surface area contributed by atoms with Gasteiger partial charge in [-0.15, -0.1) is 0 Å². The molecule has 0 spiro atoms. The van der Waals surface area contributed by atoms with E-state index in [9.17, 15) is 0 Å². The van der Waals surface area contributed by atoms with Crippen LogP contribution in [0.5, 0.6) is 0 Å². The van der Waals surface area contributed by atoms with Crippen LogP contribution in [0.2, 0.25) is 0 Å². The predicted molar refractivity (Wildman–Crippen MR) is 81.2 cm³/mol. The van der Waals surface area contributed by atoms with Crippen molar-refractivity contribution < 1.29 is 45.2 Å². The van der Waals surface area contributed by atoms with Crippen LogP contribution in [-0.4, -0.2) is 6.54 Å². The minimum absolute atomic E-state index is 0. The van der Waals surface area contributed by atoms with Gasteiger partial charge in [0.15, 0.2) is 0 Å². The summed E-state index contributed by atoms with van der Waals surface area (Å²) in [6.45, 7) is 7.56. The number of hydrogen-bond donors (Lipinski definition) is 1. The quantitative estimate of drug-likeness (QED) is 0.653. The third kappa shape index (κ3) is 8.11. The van der Waals surface area contributed by atoms with E-state index in [1.54, 1.807) is 0 Å². The summed E-state index contributed by atoms with van der Waals surface area (Å²) in [7, 11) is 0. The van der Waals surface area contributed by atoms with Gasteiger partial charge in [0.05, 0.1) is 0 Å². The summed E-state index contributed by atoms with van der Waals surface area (Å²) < 4.78 is 1.47. The van der Waals surface area contributed by atoms with E-state index in [1.165, 1.54) is 27.1 Å². The monoisotopic (exact) mass is 360 g/mol. The summed E-state index contributed by atoms with van der Waals surface area (Å²) in [5, 5.41) is 3.45. The van der Waals surface area contributed by atoms with Gasteiger partial charge in [-0.25, -0.2) is 0 Å². The molecule has 1 nitrogen and oxygen atoms in total. The molecule has 0 fully saturated rings. The molecule has 1 aliphatic carbocycles. The van der Waals surface area contributed by atoms with Crippen LogP contribution in [0.15, 0.2) is 40.3 Å². The van der Waals surface area contributed by atoms with Crippen LogP contribution in [0.3, 0.4) is 0 Å². The molecule has 0 saturated carbocycles. The zero-order valence-corrected chi connectivity index (χ0v) is 16.1. The molecule has 0 radical (unpaired) electrons. The van der Waals surface area contributed by atoms with E-state index in [0.717, 1.165) is 19.4 Å². The van der Waals surface area contributed by atoms with Crippen molar-refractivity contribution in [3.63, 3.8) is 0 Å². The molecule has 0 amide bonds. The van der Waals surface area contributed by atoms with Crippen molar-refractivity contribution in [3.05, 3.63) is 51.4 Å². The second-order valence-electron chi connectivity index (χ2n) is 4.51. The number of hydrogen-bond acceptors (Lipinski definition) is 1. The van der Waals surface area contributed by atoms with E-state index in [2.05, 4.69) is 83.0 Å². The van der Waals surface area contributed by atoms with Gasteiger partial charge in [0.25, 0.3) is 0 Å². The molecular weight excluding hydrogens is 337 g/mol. The molecule has 2 rings (SSSR count). The van der Waals surface area contributed by atoms with Crippen LogP contribution in [0.25, 0.3) is 0 Å². The molecule has 0 aromatic heterocycles. The fraction of sp³-hybridized carbons (Fsp3) is 0.412. The fourth-order valence-electron chi connectivity index (χ4n) is 2.09. The van der Waals surface area contributed by atoms with E-state index in [0.29, 0.717) is 0 Å². The normalized spacial score (nSPS) is 11.6. The molecule has 4 heteroatoms. The minimum atomic E-state index is 0. The first kappa shape index (κ1) is 23.1. The molecule has 1 aliphatic rings. The second kappa shape index (κ2) is 13.5. The Hall–Kier alpha value is -0.206. The third-order valence-electron chi connectivity index (χ3n) is 3.12. The third-order valence-corrected chi connectivity index (χ3v) is 3.70.